The summed E-state index contributed by atoms with van der Waals surface area (Å²) in [6.45, 7) is 1.38. The molecule has 1 fully saturated rings. The summed E-state index contributed by atoms with van der Waals surface area (Å²) >= 11 is 0. The Morgan fingerprint density at radius 3 is 2.61 bits per heavy atom. The van der Waals surface area contributed by atoms with Crippen LogP contribution >= 0.6 is 0 Å². The molecule has 0 spiro atoms. The maximum absolute atomic E-state index is 13.7. The number of hydrogen-bond donors (Lipinski definition) is 4. The van der Waals surface area contributed by atoms with E-state index in [1.54, 1.807) is 6.07 Å². The molecule has 3 aromatic rings. The van der Waals surface area contributed by atoms with E-state index in [0.29, 0.717) is 0 Å². The Hall–Kier alpha value is -4.42. The predicted octanol–water partition coefficient (Wildman–Crippen LogP) is 2.49. The number of nitriles is 1. The van der Waals surface area contributed by atoms with E-state index in [4.69, 9.17) is 5.73 Å². The number of pyridine rings is 1. The lowest BCUT2D eigenvalue weighted by Gasteiger charge is -2.21. The van der Waals surface area contributed by atoms with Crippen LogP contribution < -0.4 is 16.4 Å². The molecular weight excluding hydrogens is 517 g/mol. The number of alkyl halides is 5. The van der Waals surface area contributed by atoms with E-state index in [9.17, 15) is 36.8 Å². The van der Waals surface area contributed by atoms with Crippen molar-refractivity contribution >= 4 is 34.5 Å². The Morgan fingerprint density at radius 1 is 1.26 bits per heavy atom. The highest BCUT2D eigenvalue weighted by molar-refractivity contribution is 6.21. The zero-order valence-corrected chi connectivity index (χ0v) is 19.5. The van der Waals surface area contributed by atoms with Crippen molar-refractivity contribution in [2.45, 2.75) is 56.2 Å². The van der Waals surface area contributed by atoms with Crippen LogP contribution in [-0.2, 0) is 21.4 Å². The Bertz CT molecular complexity index is 1540. The number of nitrogens with two attached hydrogens (primary N) is 1. The van der Waals surface area contributed by atoms with Crippen LogP contribution in [0.1, 0.15) is 43.0 Å². The van der Waals surface area contributed by atoms with Gasteiger partial charge in [0.05, 0.1) is 10.9 Å². The highest BCUT2D eigenvalue weighted by Crippen LogP contribution is 2.43. The number of H-pyrrole nitrogens is 1. The van der Waals surface area contributed by atoms with Gasteiger partial charge in [-0.3, -0.25) is 14.7 Å². The molecule has 1 unspecified atom stereocenters. The zero-order chi connectivity index (χ0) is 27.6. The number of anilines is 2. The summed E-state index contributed by atoms with van der Waals surface area (Å²) in [5.74, 6) is -6.73. The fourth-order valence-corrected chi connectivity index (χ4v) is 4.24. The van der Waals surface area contributed by atoms with Crippen molar-refractivity contribution in [3.8, 4) is 17.6 Å². The third kappa shape index (κ3) is 3.94. The normalized spacial score (nSPS) is 19.2. The van der Waals surface area contributed by atoms with E-state index in [1.165, 1.54) is 6.92 Å². The molecule has 3 aromatic heterocycles. The Balaban J connectivity index is 1.58. The molecule has 1 aliphatic heterocycles. The molecule has 2 amide bonds. The first-order valence-corrected chi connectivity index (χ1v) is 11.3. The van der Waals surface area contributed by atoms with Crippen LogP contribution in [-0.4, -0.2) is 55.1 Å². The number of hydrogen-bond acceptors (Lipinski definition) is 8. The molecule has 1 atom stereocenters. The van der Waals surface area contributed by atoms with Crippen molar-refractivity contribution in [2.75, 3.05) is 11.1 Å². The number of carbonyl (C=O) groups is 2. The third-order valence-corrected chi connectivity index (χ3v) is 6.56. The number of aromatic nitrogens is 5. The number of nitrogens with zero attached hydrogens (tertiary/aromatic N) is 5. The van der Waals surface area contributed by atoms with E-state index < -0.39 is 42.2 Å². The van der Waals surface area contributed by atoms with Gasteiger partial charge in [0.15, 0.2) is 16.9 Å². The maximum atomic E-state index is 13.7. The summed E-state index contributed by atoms with van der Waals surface area (Å²) < 4.78 is 65.6. The molecule has 5 rings (SSSR count). The van der Waals surface area contributed by atoms with Gasteiger partial charge in [-0.2, -0.15) is 32.3 Å². The first-order chi connectivity index (χ1) is 17.8. The molecule has 11 nitrogen and oxygen atoms in total. The molecule has 2 aliphatic rings. The number of halogens is 5. The minimum atomic E-state index is -5.76. The lowest BCUT2D eigenvalue weighted by molar-refractivity contribution is -0.284. The Kier molecular flexibility index (Phi) is 5.51. The Labute approximate surface area is 210 Å². The lowest BCUT2D eigenvalue weighted by Crippen LogP contribution is -2.48. The third-order valence-electron chi connectivity index (χ3n) is 6.56. The molecule has 1 aliphatic carbocycles. The summed E-state index contributed by atoms with van der Waals surface area (Å²) in [4.78, 5) is 38.1. The summed E-state index contributed by atoms with van der Waals surface area (Å²) in [6, 6.07) is 2.75. The van der Waals surface area contributed by atoms with E-state index >= 15 is 0 Å². The fraction of sp³-hybridized carbons (Fsp3) is 0.409. The molecule has 5 N–H and O–H groups in total. The molecule has 16 heteroatoms. The minimum absolute atomic E-state index is 0.000105. The van der Waals surface area contributed by atoms with Gasteiger partial charge in [0.2, 0.25) is 11.8 Å². The highest BCUT2D eigenvalue weighted by Gasteiger charge is 2.57. The van der Waals surface area contributed by atoms with Gasteiger partial charge in [-0.1, -0.05) is 0 Å². The number of fused-ring (bicyclic) bond motifs is 2. The van der Waals surface area contributed by atoms with E-state index in [1.807, 2.05) is 0 Å². The number of nitrogens with one attached hydrogen (secondary N) is 3. The second kappa shape index (κ2) is 8.30. The summed E-state index contributed by atoms with van der Waals surface area (Å²) in [6.07, 6.45) is -6.57. The second-order valence-electron chi connectivity index (χ2n) is 9.26. The largest absolute Gasteiger partial charge is 0.453 e. The standard InChI is InChI=1S/C22H18F5N9O2/c1-20(18(37)31-9-2-3-9)12-14(29)32-17(33-16(12)34-19(20)38)13-11-8(4-5-21(23,24)22(25,26)27)6-10(7-28)30-15(11)36-35-13/h6,9H,2-5H2,1H3,(H,31,37)(H,30,35,36)(H3,29,32,33,34,38). The fourth-order valence-electron chi connectivity index (χ4n) is 4.24. The first-order valence-electron chi connectivity index (χ1n) is 11.3. The van der Waals surface area contributed by atoms with E-state index in [0.717, 1.165) is 18.9 Å². The molecule has 0 radical (unpaired) electrons. The number of aryl methyl sites for hydroxylation is 1. The molecule has 38 heavy (non-hydrogen) atoms. The van der Waals surface area contributed by atoms with Crippen molar-refractivity contribution in [3.05, 3.63) is 22.9 Å². The predicted molar refractivity (Wildman–Crippen MR) is 121 cm³/mol. The molecule has 198 valence electrons. The van der Waals surface area contributed by atoms with Crippen molar-refractivity contribution in [1.82, 2.24) is 30.5 Å². The van der Waals surface area contributed by atoms with Gasteiger partial charge in [0.1, 0.15) is 29.1 Å². The summed E-state index contributed by atoms with van der Waals surface area (Å²) in [7, 11) is 0. The smallest absolute Gasteiger partial charge is 0.383 e. The van der Waals surface area contributed by atoms with Gasteiger partial charge < -0.3 is 16.4 Å². The van der Waals surface area contributed by atoms with Gasteiger partial charge in [-0.25, -0.2) is 15.0 Å². The second-order valence-corrected chi connectivity index (χ2v) is 9.26. The van der Waals surface area contributed by atoms with Gasteiger partial charge in [-0.15, -0.1) is 0 Å². The number of rotatable bonds is 6. The van der Waals surface area contributed by atoms with Crippen LogP contribution in [0, 0.1) is 11.3 Å². The average Bonchev–Trinajstić information content (AvgIpc) is 3.48. The molecule has 4 heterocycles. The number of carbonyl (C=O) groups excluding carboxylic acids is 2. The molecule has 0 bridgehead atoms. The van der Waals surface area contributed by atoms with Crippen molar-refractivity contribution < 1.29 is 31.5 Å². The first kappa shape index (κ1) is 25.2. The average molecular weight is 535 g/mol. The van der Waals surface area contributed by atoms with Gasteiger partial charge in [0, 0.05) is 12.5 Å². The van der Waals surface area contributed by atoms with Gasteiger partial charge >= 0.3 is 12.1 Å². The molecule has 0 aromatic carbocycles. The van der Waals surface area contributed by atoms with Crippen LogP contribution in [0.15, 0.2) is 6.07 Å². The summed E-state index contributed by atoms with van der Waals surface area (Å²) in [5.41, 5.74) is 3.96. The highest BCUT2D eigenvalue weighted by atomic mass is 19.4. The van der Waals surface area contributed by atoms with Crippen molar-refractivity contribution in [1.29, 1.82) is 5.26 Å². The SMILES string of the molecule is CC1(C(=O)NC2CC2)C(=O)Nc2nc(-c3[nH]nc4nc(C#N)cc(CCC(F)(F)C(F)(F)F)c34)nc(N)c21. The van der Waals surface area contributed by atoms with Crippen LogP contribution in [0.4, 0.5) is 33.6 Å². The Morgan fingerprint density at radius 2 is 1.97 bits per heavy atom. The topological polar surface area (TPSA) is 175 Å². The monoisotopic (exact) mass is 535 g/mol. The van der Waals surface area contributed by atoms with Crippen LogP contribution in [0.2, 0.25) is 0 Å². The summed E-state index contributed by atoms with van der Waals surface area (Å²) in [5, 5.41) is 21.0. The quantitative estimate of drug-likeness (QED) is 0.275. The number of aromatic amines is 1. The van der Waals surface area contributed by atoms with E-state index in [-0.39, 0.29) is 57.1 Å². The maximum Gasteiger partial charge on any atom is 0.453 e. The number of amides is 2. The van der Waals surface area contributed by atoms with Gasteiger partial charge in [-0.05, 0) is 37.8 Å². The van der Waals surface area contributed by atoms with Crippen molar-refractivity contribution in [2.24, 2.45) is 0 Å². The molecular formula is C22H18F5N9O2. The van der Waals surface area contributed by atoms with E-state index in [2.05, 4.69) is 35.8 Å². The van der Waals surface area contributed by atoms with Crippen LogP contribution in [0.5, 0.6) is 0 Å². The number of nitrogen functional groups attached to an aromatic ring is 1. The molecule has 1 saturated carbocycles. The van der Waals surface area contributed by atoms with Crippen LogP contribution in [0.25, 0.3) is 22.6 Å². The van der Waals surface area contributed by atoms with Gasteiger partial charge in [0.25, 0.3) is 0 Å². The molecule has 0 saturated heterocycles. The van der Waals surface area contributed by atoms with Crippen LogP contribution in [0.3, 0.4) is 0 Å². The zero-order valence-electron chi connectivity index (χ0n) is 19.5. The lowest BCUT2D eigenvalue weighted by atomic mass is 9.83. The minimum Gasteiger partial charge on any atom is -0.383 e. The van der Waals surface area contributed by atoms with Crippen molar-refractivity contribution in [3.63, 3.8) is 0 Å².